The smallest absolute Gasteiger partial charge is 0.460 e. The van der Waals surface area contributed by atoms with Crippen molar-refractivity contribution in [3.05, 3.63) is 24.3 Å². The van der Waals surface area contributed by atoms with Crippen molar-refractivity contribution in [3.8, 4) is 5.75 Å². The molecule has 0 atom stereocenters. The summed E-state index contributed by atoms with van der Waals surface area (Å²) < 4.78 is 71.9. The van der Waals surface area contributed by atoms with Gasteiger partial charge in [0.05, 0.1) is 6.42 Å². The number of alkyl halides is 3. The Morgan fingerprint density at radius 1 is 1.17 bits per heavy atom. The summed E-state index contributed by atoms with van der Waals surface area (Å²) in [5, 5.41) is 0. The average Bonchev–Trinajstić information content (AvgIpc) is 2.34. The molecule has 0 aliphatic heterocycles. The largest absolute Gasteiger partial charge is 0.573 e. The van der Waals surface area contributed by atoms with E-state index in [1.165, 1.54) is 12.1 Å². The molecule has 1 aromatic rings. The summed E-state index contributed by atoms with van der Waals surface area (Å²) in [5.41, 5.74) is -0.719. The molecule has 0 heterocycles. The minimum Gasteiger partial charge on any atom is -0.460 e. The molecule has 1 rings (SSSR count). The van der Waals surface area contributed by atoms with Crippen LogP contribution in [0.4, 0.5) is 13.2 Å². The Bertz CT molecular complexity index is 680. The van der Waals surface area contributed by atoms with E-state index in [0.717, 1.165) is 12.1 Å². The van der Waals surface area contributed by atoms with Gasteiger partial charge in [-0.2, -0.15) is 0 Å². The van der Waals surface area contributed by atoms with Crippen molar-refractivity contribution in [2.24, 2.45) is 0 Å². The lowest BCUT2D eigenvalue weighted by Crippen LogP contribution is -2.30. The molecule has 0 amide bonds. The lowest BCUT2D eigenvalue weighted by molar-refractivity contribution is -0.275. The molecule has 0 fully saturated rings. The molecule has 0 aromatic heterocycles. The fourth-order valence-corrected chi connectivity index (χ4v) is 2.80. The Hall–Kier alpha value is -1.81. The van der Waals surface area contributed by atoms with Gasteiger partial charge in [-0.25, -0.2) is 13.1 Å². The minimum atomic E-state index is -5.03. The first kappa shape index (κ1) is 20.2. The van der Waals surface area contributed by atoms with E-state index in [-0.39, 0.29) is 13.0 Å². The highest BCUT2D eigenvalue weighted by atomic mass is 32.2. The molecule has 0 bridgehead atoms. The van der Waals surface area contributed by atoms with E-state index < -0.39 is 38.6 Å². The zero-order chi connectivity index (χ0) is 18.6. The van der Waals surface area contributed by atoms with Crippen LogP contribution in [0, 0.1) is 0 Å². The van der Waals surface area contributed by atoms with Crippen LogP contribution < -0.4 is 9.46 Å². The van der Waals surface area contributed by atoms with Crippen LogP contribution in [-0.4, -0.2) is 32.9 Å². The summed E-state index contributed by atoms with van der Waals surface area (Å²) in [4.78, 5) is 10.8. The highest BCUT2D eigenvalue weighted by molar-refractivity contribution is 7.89. The van der Waals surface area contributed by atoms with Crippen LogP contribution in [0.15, 0.2) is 29.2 Å². The average molecular weight is 369 g/mol. The molecule has 0 aliphatic carbocycles. The number of hydrogen-bond acceptors (Lipinski definition) is 5. The number of sulfonamides is 1. The number of ether oxygens (including phenoxy) is 2. The fourth-order valence-electron chi connectivity index (χ4n) is 1.64. The number of carbonyl (C=O) groups is 1. The zero-order valence-corrected chi connectivity index (χ0v) is 14.1. The third-order valence-electron chi connectivity index (χ3n) is 2.41. The van der Waals surface area contributed by atoms with Crippen molar-refractivity contribution in [2.45, 2.75) is 44.1 Å². The Morgan fingerprint density at radius 2 is 1.75 bits per heavy atom. The molecular weight excluding hydrogens is 351 g/mol. The monoisotopic (exact) mass is 369 g/mol. The van der Waals surface area contributed by atoms with Gasteiger partial charge in [-0.15, -0.1) is 13.2 Å². The highest BCUT2D eigenvalue weighted by Gasteiger charge is 2.34. The summed E-state index contributed by atoms with van der Waals surface area (Å²) in [6.07, 6.45) is -5.29. The van der Waals surface area contributed by atoms with Crippen molar-refractivity contribution in [1.29, 1.82) is 0 Å². The molecule has 0 spiro atoms. The van der Waals surface area contributed by atoms with E-state index in [1.54, 1.807) is 20.8 Å². The second-order valence-electron chi connectivity index (χ2n) is 5.73. The van der Waals surface area contributed by atoms with Crippen molar-refractivity contribution < 1.29 is 35.9 Å². The summed E-state index contributed by atoms with van der Waals surface area (Å²) in [6.45, 7) is 4.64. The van der Waals surface area contributed by atoms with Crippen LogP contribution in [0.1, 0.15) is 27.2 Å². The maximum Gasteiger partial charge on any atom is 0.573 e. The van der Waals surface area contributed by atoms with Crippen LogP contribution in [0.25, 0.3) is 0 Å². The van der Waals surface area contributed by atoms with Gasteiger partial charge < -0.3 is 9.47 Å². The third-order valence-corrected chi connectivity index (χ3v) is 3.91. The normalized spacial score (nSPS) is 12.8. The van der Waals surface area contributed by atoms with E-state index in [1.807, 2.05) is 4.72 Å². The van der Waals surface area contributed by atoms with Gasteiger partial charge in [0, 0.05) is 6.54 Å². The molecule has 0 aliphatic rings. The van der Waals surface area contributed by atoms with Gasteiger partial charge >= 0.3 is 12.3 Å². The molecule has 1 aromatic carbocycles. The van der Waals surface area contributed by atoms with Crippen molar-refractivity contribution in [3.63, 3.8) is 0 Å². The molecule has 0 radical (unpaired) electrons. The topological polar surface area (TPSA) is 81.7 Å². The van der Waals surface area contributed by atoms with Gasteiger partial charge in [-0.1, -0.05) is 12.1 Å². The second-order valence-corrected chi connectivity index (χ2v) is 7.46. The molecule has 24 heavy (non-hydrogen) atoms. The standard InChI is InChI=1S/C14H18F3NO5S/c1-13(2,3)23-12(19)8-9-18-24(20,21)11-7-5-4-6-10(11)22-14(15,16)17/h4-7,18H,8-9H2,1-3H3. The summed E-state index contributed by atoms with van der Waals surface area (Å²) >= 11 is 0. The van der Waals surface area contributed by atoms with Crippen LogP contribution in [0.5, 0.6) is 5.75 Å². The predicted molar refractivity (Wildman–Crippen MR) is 78.8 cm³/mol. The number of rotatable bonds is 6. The van der Waals surface area contributed by atoms with Gasteiger partial charge in [0.1, 0.15) is 16.2 Å². The maximum atomic E-state index is 12.3. The molecule has 0 saturated heterocycles. The quantitative estimate of drug-likeness (QED) is 0.780. The van der Waals surface area contributed by atoms with Crippen LogP contribution in [0.2, 0.25) is 0 Å². The van der Waals surface area contributed by atoms with Gasteiger partial charge in [0.25, 0.3) is 0 Å². The van der Waals surface area contributed by atoms with E-state index >= 15 is 0 Å². The molecule has 0 unspecified atom stereocenters. The van der Waals surface area contributed by atoms with Gasteiger partial charge in [-0.05, 0) is 32.9 Å². The zero-order valence-electron chi connectivity index (χ0n) is 13.3. The van der Waals surface area contributed by atoms with E-state index in [2.05, 4.69) is 4.74 Å². The first-order valence-electron chi connectivity index (χ1n) is 6.86. The number of halogens is 3. The van der Waals surface area contributed by atoms with E-state index in [4.69, 9.17) is 4.74 Å². The van der Waals surface area contributed by atoms with Crippen LogP contribution in [0.3, 0.4) is 0 Å². The Kier molecular flexibility index (Phi) is 6.23. The number of hydrogen-bond donors (Lipinski definition) is 1. The van der Waals surface area contributed by atoms with Gasteiger partial charge in [0.15, 0.2) is 0 Å². The molecule has 6 nitrogen and oxygen atoms in total. The van der Waals surface area contributed by atoms with Crippen LogP contribution >= 0.6 is 0 Å². The first-order chi connectivity index (χ1) is 10.8. The summed E-state index contributed by atoms with van der Waals surface area (Å²) in [6, 6.07) is 4.32. The highest BCUT2D eigenvalue weighted by Crippen LogP contribution is 2.29. The predicted octanol–water partition coefficient (Wildman–Crippen LogP) is 2.60. The lowest BCUT2D eigenvalue weighted by Gasteiger charge is -2.19. The Labute approximate surface area is 138 Å². The summed E-state index contributed by atoms with van der Waals surface area (Å²) in [7, 11) is -4.29. The van der Waals surface area contributed by atoms with Crippen molar-refractivity contribution in [2.75, 3.05) is 6.54 Å². The van der Waals surface area contributed by atoms with Crippen molar-refractivity contribution in [1.82, 2.24) is 4.72 Å². The Morgan fingerprint density at radius 3 is 2.29 bits per heavy atom. The fraction of sp³-hybridized carbons (Fsp3) is 0.500. The molecule has 1 N–H and O–H groups in total. The molecule has 136 valence electrons. The molecule has 0 saturated carbocycles. The number of benzene rings is 1. The molecule has 10 heteroatoms. The van der Waals surface area contributed by atoms with Crippen molar-refractivity contribution >= 4 is 16.0 Å². The van der Waals surface area contributed by atoms with Crippen LogP contribution in [-0.2, 0) is 19.6 Å². The van der Waals surface area contributed by atoms with E-state index in [9.17, 15) is 26.4 Å². The third kappa shape index (κ3) is 7.18. The van der Waals surface area contributed by atoms with Gasteiger partial charge in [-0.3, -0.25) is 4.79 Å². The van der Waals surface area contributed by atoms with Gasteiger partial charge in [0.2, 0.25) is 10.0 Å². The van der Waals surface area contributed by atoms with E-state index in [0.29, 0.717) is 0 Å². The summed E-state index contributed by atoms with van der Waals surface area (Å²) in [5.74, 6) is -1.49. The molecular formula is C14H18F3NO5S. The minimum absolute atomic E-state index is 0.265. The number of nitrogens with one attached hydrogen (secondary N) is 1. The number of carbonyl (C=O) groups excluding carboxylic acids is 1. The maximum absolute atomic E-state index is 12.3. The number of para-hydroxylation sites is 1. The first-order valence-corrected chi connectivity index (χ1v) is 8.35. The lowest BCUT2D eigenvalue weighted by atomic mass is 10.2. The second kappa shape index (κ2) is 7.39. The number of esters is 1. The Balaban J connectivity index is 2.78. The SMILES string of the molecule is CC(C)(C)OC(=O)CCNS(=O)(=O)c1ccccc1OC(F)(F)F.